The molecule has 0 N–H and O–H groups in total. The molecule has 20 heavy (non-hydrogen) atoms. The number of rotatable bonds is 5. The minimum atomic E-state index is -0.254. The first-order valence-electron chi connectivity index (χ1n) is 6.76. The molecule has 106 valence electrons. The van der Waals surface area contributed by atoms with E-state index in [-0.39, 0.29) is 5.82 Å². The van der Waals surface area contributed by atoms with E-state index in [1.54, 1.807) is 12.1 Å². The van der Waals surface area contributed by atoms with Crippen molar-refractivity contribution >= 4 is 15.9 Å². The normalized spacial score (nSPS) is 12.2. The maximum Gasteiger partial charge on any atom is 0.134 e. The molecular weight excluding hydrogens is 319 g/mol. The summed E-state index contributed by atoms with van der Waals surface area (Å²) in [5.41, 5.74) is 1.83. The van der Waals surface area contributed by atoms with E-state index in [1.807, 2.05) is 12.1 Å². The van der Waals surface area contributed by atoms with Crippen molar-refractivity contribution in [2.24, 2.45) is 0 Å². The Bertz CT molecular complexity index is 566. The summed E-state index contributed by atoms with van der Waals surface area (Å²) in [5, 5.41) is 0.431. The van der Waals surface area contributed by atoms with Crippen LogP contribution in [-0.4, -0.2) is 0 Å². The monoisotopic (exact) mass is 336 g/mol. The van der Waals surface area contributed by atoms with Crippen molar-refractivity contribution < 1.29 is 9.13 Å². The van der Waals surface area contributed by atoms with Crippen LogP contribution in [0.4, 0.5) is 4.39 Å². The predicted molar refractivity (Wildman–Crippen MR) is 84.3 cm³/mol. The van der Waals surface area contributed by atoms with E-state index < -0.39 is 0 Å². The van der Waals surface area contributed by atoms with E-state index in [0.29, 0.717) is 22.6 Å². The second-order valence-corrected chi connectivity index (χ2v) is 5.39. The van der Waals surface area contributed by atoms with Crippen molar-refractivity contribution in [1.82, 2.24) is 0 Å². The number of ether oxygens (including phenoxy) is 1. The van der Waals surface area contributed by atoms with E-state index in [9.17, 15) is 4.39 Å². The van der Waals surface area contributed by atoms with Crippen molar-refractivity contribution in [3.8, 4) is 11.5 Å². The fourth-order valence-corrected chi connectivity index (χ4v) is 2.54. The Morgan fingerprint density at radius 1 is 1.15 bits per heavy atom. The number of alkyl halides is 1. The van der Waals surface area contributed by atoms with Crippen molar-refractivity contribution in [2.45, 2.75) is 31.5 Å². The number of halogens is 2. The molecule has 3 heteroatoms. The lowest BCUT2D eigenvalue weighted by atomic mass is 9.99. The van der Waals surface area contributed by atoms with Gasteiger partial charge in [0.2, 0.25) is 0 Å². The van der Waals surface area contributed by atoms with Crippen LogP contribution in [0.2, 0.25) is 0 Å². The van der Waals surface area contributed by atoms with Crippen molar-refractivity contribution in [2.75, 3.05) is 0 Å². The summed E-state index contributed by atoms with van der Waals surface area (Å²) < 4.78 is 19.4. The van der Waals surface area contributed by atoms with E-state index in [0.717, 1.165) is 12.2 Å². The fourth-order valence-electron chi connectivity index (χ4n) is 1.99. The van der Waals surface area contributed by atoms with Gasteiger partial charge in [0.1, 0.15) is 17.3 Å². The molecule has 2 aromatic rings. The highest BCUT2D eigenvalue weighted by molar-refractivity contribution is 9.08. The van der Waals surface area contributed by atoms with Crippen LogP contribution < -0.4 is 4.74 Å². The van der Waals surface area contributed by atoms with Gasteiger partial charge in [0, 0.05) is 10.9 Å². The lowest BCUT2D eigenvalue weighted by molar-refractivity contribution is 0.470. The lowest BCUT2D eigenvalue weighted by Crippen LogP contribution is -1.94. The molecule has 0 radical (unpaired) electrons. The SMILES string of the molecule is CCC(C)c1ccc(Oc2cccc(F)c2CBr)cc1. The Kier molecular flexibility index (Phi) is 5.18. The molecule has 0 fully saturated rings. The molecule has 1 atom stereocenters. The summed E-state index contributed by atoms with van der Waals surface area (Å²) in [5.74, 6) is 1.56. The summed E-state index contributed by atoms with van der Waals surface area (Å²) in [7, 11) is 0. The van der Waals surface area contributed by atoms with Crippen LogP contribution in [0.25, 0.3) is 0 Å². The summed E-state index contributed by atoms with van der Waals surface area (Å²) in [6.07, 6.45) is 1.11. The average Bonchev–Trinajstić information content (AvgIpc) is 2.47. The second kappa shape index (κ2) is 6.89. The minimum absolute atomic E-state index is 0.254. The quantitative estimate of drug-likeness (QED) is 0.606. The van der Waals surface area contributed by atoms with E-state index in [2.05, 4.69) is 41.9 Å². The second-order valence-electron chi connectivity index (χ2n) is 4.83. The molecule has 1 unspecified atom stereocenters. The largest absolute Gasteiger partial charge is 0.457 e. The van der Waals surface area contributed by atoms with Gasteiger partial charge in [-0.05, 0) is 42.2 Å². The summed E-state index contributed by atoms with van der Waals surface area (Å²) in [6, 6.07) is 12.9. The molecule has 0 bridgehead atoms. The van der Waals surface area contributed by atoms with Gasteiger partial charge in [-0.25, -0.2) is 4.39 Å². The molecule has 0 aliphatic rings. The van der Waals surface area contributed by atoms with Crippen LogP contribution in [0.1, 0.15) is 37.3 Å². The molecule has 1 nitrogen and oxygen atoms in total. The molecule has 0 amide bonds. The topological polar surface area (TPSA) is 9.23 Å². The van der Waals surface area contributed by atoms with Gasteiger partial charge < -0.3 is 4.74 Å². The third-order valence-electron chi connectivity index (χ3n) is 3.50. The average molecular weight is 337 g/mol. The van der Waals surface area contributed by atoms with Crippen LogP contribution >= 0.6 is 15.9 Å². The van der Waals surface area contributed by atoms with Gasteiger partial charge >= 0.3 is 0 Å². The summed E-state index contributed by atoms with van der Waals surface area (Å²) in [6.45, 7) is 4.37. The van der Waals surface area contributed by atoms with Gasteiger partial charge in [-0.2, -0.15) is 0 Å². The van der Waals surface area contributed by atoms with Crippen molar-refractivity contribution in [1.29, 1.82) is 0 Å². The maximum absolute atomic E-state index is 13.7. The molecule has 0 heterocycles. The highest BCUT2D eigenvalue weighted by Crippen LogP contribution is 2.30. The van der Waals surface area contributed by atoms with Crippen LogP contribution in [0.3, 0.4) is 0 Å². The molecule has 0 aliphatic carbocycles. The minimum Gasteiger partial charge on any atom is -0.457 e. The highest BCUT2D eigenvalue weighted by Gasteiger charge is 2.09. The van der Waals surface area contributed by atoms with E-state index >= 15 is 0 Å². The molecule has 2 aromatic carbocycles. The van der Waals surface area contributed by atoms with Crippen LogP contribution in [0.15, 0.2) is 42.5 Å². The van der Waals surface area contributed by atoms with Gasteiger partial charge in [-0.15, -0.1) is 0 Å². The molecule has 2 rings (SSSR count). The lowest BCUT2D eigenvalue weighted by Gasteiger charge is -2.12. The molecule has 0 saturated heterocycles. The zero-order valence-electron chi connectivity index (χ0n) is 11.7. The number of hydrogen-bond donors (Lipinski definition) is 0. The van der Waals surface area contributed by atoms with Crippen LogP contribution in [0.5, 0.6) is 11.5 Å². The molecular formula is C17H18BrFO. The zero-order chi connectivity index (χ0) is 14.5. The first kappa shape index (κ1) is 15.0. The van der Waals surface area contributed by atoms with E-state index in [1.165, 1.54) is 11.6 Å². The van der Waals surface area contributed by atoms with Crippen LogP contribution in [-0.2, 0) is 5.33 Å². The fraction of sp³-hybridized carbons (Fsp3) is 0.294. The van der Waals surface area contributed by atoms with Gasteiger partial charge in [0.15, 0.2) is 0 Å². The Labute approximate surface area is 127 Å². The van der Waals surface area contributed by atoms with Gasteiger partial charge in [0.05, 0.1) is 0 Å². The van der Waals surface area contributed by atoms with Gasteiger partial charge in [0.25, 0.3) is 0 Å². The van der Waals surface area contributed by atoms with Gasteiger partial charge in [-0.1, -0.05) is 48.0 Å². The number of benzene rings is 2. The predicted octanol–water partition coefficient (Wildman–Crippen LogP) is 6.03. The number of hydrogen-bond acceptors (Lipinski definition) is 1. The highest BCUT2D eigenvalue weighted by atomic mass is 79.9. The Morgan fingerprint density at radius 3 is 2.45 bits per heavy atom. The smallest absolute Gasteiger partial charge is 0.134 e. The standard InChI is InChI=1S/C17H18BrFO/c1-3-12(2)13-7-9-14(10-8-13)20-17-6-4-5-16(19)15(17)11-18/h4-10,12H,3,11H2,1-2H3. The Balaban J connectivity index is 2.20. The first-order valence-corrected chi connectivity index (χ1v) is 7.89. The Morgan fingerprint density at radius 2 is 1.85 bits per heavy atom. The van der Waals surface area contributed by atoms with Gasteiger partial charge in [-0.3, -0.25) is 0 Å². The first-order chi connectivity index (χ1) is 9.65. The summed E-state index contributed by atoms with van der Waals surface area (Å²) in [4.78, 5) is 0. The molecule has 0 aromatic heterocycles. The van der Waals surface area contributed by atoms with E-state index in [4.69, 9.17) is 4.74 Å². The summed E-state index contributed by atoms with van der Waals surface area (Å²) >= 11 is 3.29. The van der Waals surface area contributed by atoms with Crippen molar-refractivity contribution in [3.63, 3.8) is 0 Å². The zero-order valence-corrected chi connectivity index (χ0v) is 13.3. The third-order valence-corrected chi connectivity index (χ3v) is 4.06. The Hall–Kier alpha value is -1.35. The molecule has 0 saturated carbocycles. The van der Waals surface area contributed by atoms with Crippen molar-refractivity contribution in [3.05, 3.63) is 59.4 Å². The molecule has 0 spiro atoms. The maximum atomic E-state index is 13.7. The molecule has 0 aliphatic heterocycles. The van der Waals surface area contributed by atoms with Crippen LogP contribution in [0, 0.1) is 5.82 Å². The third kappa shape index (κ3) is 3.40.